The maximum Gasteiger partial charge on any atom is 0.262 e. The molecule has 1 N–H and O–H groups in total. The van der Waals surface area contributed by atoms with Crippen LogP contribution in [-0.4, -0.2) is 18.6 Å². The van der Waals surface area contributed by atoms with E-state index in [1.54, 1.807) is 49.4 Å². The van der Waals surface area contributed by atoms with Crippen LogP contribution in [0.4, 0.5) is 5.69 Å². The Labute approximate surface area is 159 Å². The van der Waals surface area contributed by atoms with Gasteiger partial charge in [0.2, 0.25) is 5.88 Å². The predicted molar refractivity (Wildman–Crippen MR) is 105 cm³/mol. The second-order valence-corrected chi connectivity index (χ2v) is 8.10. The van der Waals surface area contributed by atoms with Gasteiger partial charge in [-0.25, -0.2) is 8.42 Å². The molecule has 0 saturated heterocycles. The SMILES string of the molecule is Cc1ccc(Oc2ccc(NS(=O)(=O)c3cc(C)c(C)cc3C)cc2)nn1. The van der Waals surface area contributed by atoms with Gasteiger partial charge in [0, 0.05) is 11.8 Å². The molecule has 140 valence electrons. The summed E-state index contributed by atoms with van der Waals surface area (Å²) < 4.78 is 33.7. The van der Waals surface area contributed by atoms with Crippen LogP contribution < -0.4 is 9.46 Å². The minimum absolute atomic E-state index is 0.279. The minimum atomic E-state index is -3.67. The van der Waals surface area contributed by atoms with Gasteiger partial charge in [0.15, 0.2) is 0 Å². The van der Waals surface area contributed by atoms with E-state index in [0.717, 1.165) is 16.8 Å². The Morgan fingerprint density at radius 3 is 2.11 bits per heavy atom. The first-order valence-corrected chi connectivity index (χ1v) is 9.92. The van der Waals surface area contributed by atoms with Crippen molar-refractivity contribution in [2.75, 3.05) is 4.72 Å². The number of aryl methyl sites for hydroxylation is 4. The van der Waals surface area contributed by atoms with Crippen molar-refractivity contribution in [1.82, 2.24) is 10.2 Å². The van der Waals surface area contributed by atoms with Crippen LogP contribution in [0.1, 0.15) is 22.4 Å². The number of anilines is 1. The van der Waals surface area contributed by atoms with Crippen molar-refractivity contribution < 1.29 is 13.2 Å². The van der Waals surface area contributed by atoms with Crippen LogP contribution in [-0.2, 0) is 10.0 Å². The van der Waals surface area contributed by atoms with E-state index in [0.29, 0.717) is 22.9 Å². The number of nitrogens with one attached hydrogen (secondary N) is 1. The molecule has 0 radical (unpaired) electrons. The quantitative estimate of drug-likeness (QED) is 0.710. The van der Waals surface area contributed by atoms with E-state index in [2.05, 4.69) is 14.9 Å². The molecule has 0 fully saturated rings. The van der Waals surface area contributed by atoms with Crippen molar-refractivity contribution in [2.24, 2.45) is 0 Å². The summed E-state index contributed by atoms with van der Waals surface area (Å²) in [6.45, 7) is 7.49. The summed E-state index contributed by atoms with van der Waals surface area (Å²) in [6, 6.07) is 13.7. The molecule has 0 aliphatic heterocycles. The molecule has 3 aromatic rings. The number of ether oxygens (including phenoxy) is 1. The molecule has 0 unspecified atom stereocenters. The maximum atomic E-state index is 12.7. The lowest BCUT2D eigenvalue weighted by Crippen LogP contribution is -2.14. The lowest BCUT2D eigenvalue weighted by atomic mass is 10.1. The van der Waals surface area contributed by atoms with Crippen LogP contribution in [0.25, 0.3) is 0 Å². The first-order valence-electron chi connectivity index (χ1n) is 8.43. The largest absolute Gasteiger partial charge is 0.438 e. The summed E-state index contributed by atoms with van der Waals surface area (Å²) in [5.41, 5.74) is 3.96. The van der Waals surface area contributed by atoms with Gasteiger partial charge in [0.05, 0.1) is 10.6 Å². The molecule has 2 aromatic carbocycles. The summed E-state index contributed by atoms with van der Waals surface area (Å²) in [5, 5.41) is 7.87. The molecule has 0 bridgehead atoms. The molecule has 0 aliphatic carbocycles. The van der Waals surface area contributed by atoms with Crippen molar-refractivity contribution in [3.8, 4) is 11.6 Å². The molecule has 1 heterocycles. The van der Waals surface area contributed by atoms with E-state index in [1.807, 2.05) is 26.8 Å². The van der Waals surface area contributed by atoms with Gasteiger partial charge >= 0.3 is 0 Å². The highest BCUT2D eigenvalue weighted by Crippen LogP contribution is 2.25. The Morgan fingerprint density at radius 1 is 0.815 bits per heavy atom. The lowest BCUT2D eigenvalue weighted by Gasteiger charge is -2.13. The average Bonchev–Trinajstić information content (AvgIpc) is 2.61. The van der Waals surface area contributed by atoms with E-state index in [9.17, 15) is 8.42 Å². The zero-order chi connectivity index (χ0) is 19.6. The fraction of sp³-hybridized carbons (Fsp3) is 0.200. The van der Waals surface area contributed by atoms with Gasteiger partial charge in [-0.05, 0) is 80.8 Å². The topological polar surface area (TPSA) is 81.2 Å². The van der Waals surface area contributed by atoms with E-state index < -0.39 is 10.0 Å². The van der Waals surface area contributed by atoms with Crippen molar-refractivity contribution in [3.05, 3.63) is 70.9 Å². The Kier molecular flexibility index (Phi) is 5.14. The number of hydrogen-bond donors (Lipinski definition) is 1. The van der Waals surface area contributed by atoms with Gasteiger partial charge in [0.25, 0.3) is 10.0 Å². The fourth-order valence-corrected chi connectivity index (χ4v) is 3.96. The minimum Gasteiger partial charge on any atom is -0.438 e. The molecule has 3 rings (SSSR count). The van der Waals surface area contributed by atoms with Crippen molar-refractivity contribution in [3.63, 3.8) is 0 Å². The lowest BCUT2D eigenvalue weighted by molar-refractivity contribution is 0.454. The van der Waals surface area contributed by atoms with Gasteiger partial charge < -0.3 is 4.74 Å². The van der Waals surface area contributed by atoms with Gasteiger partial charge in [-0.15, -0.1) is 5.10 Å². The fourth-order valence-electron chi connectivity index (χ4n) is 2.59. The Bertz CT molecular complexity index is 1060. The standard InChI is InChI=1S/C20H21N3O3S/c1-13-11-15(3)19(12-14(13)2)27(24,25)23-17-6-8-18(9-7-17)26-20-10-5-16(4)21-22-20/h5-12,23H,1-4H3. The summed E-state index contributed by atoms with van der Waals surface area (Å²) >= 11 is 0. The number of benzene rings is 2. The molecular formula is C20H21N3O3S. The van der Waals surface area contributed by atoms with Crippen LogP contribution in [0.3, 0.4) is 0 Å². The highest BCUT2D eigenvalue weighted by molar-refractivity contribution is 7.92. The van der Waals surface area contributed by atoms with Crippen LogP contribution in [0, 0.1) is 27.7 Å². The van der Waals surface area contributed by atoms with Crippen molar-refractivity contribution in [2.45, 2.75) is 32.6 Å². The van der Waals surface area contributed by atoms with Crippen LogP contribution in [0.15, 0.2) is 53.4 Å². The van der Waals surface area contributed by atoms with E-state index >= 15 is 0 Å². The molecule has 0 saturated carbocycles. The number of nitrogens with zero attached hydrogens (tertiary/aromatic N) is 2. The maximum absolute atomic E-state index is 12.7. The smallest absolute Gasteiger partial charge is 0.262 e. The zero-order valence-electron chi connectivity index (χ0n) is 15.6. The van der Waals surface area contributed by atoms with Gasteiger partial charge in [-0.3, -0.25) is 4.72 Å². The van der Waals surface area contributed by atoms with Crippen LogP contribution in [0.2, 0.25) is 0 Å². The van der Waals surface area contributed by atoms with Crippen LogP contribution >= 0.6 is 0 Å². The summed E-state index contributed by atoms with van der Waals surface area (Å²) in [7, 11) is -3.67. The second-order valence-electron chi connectivity index (χ2n) is 6.45. The molecule has 27 heavy (non-hydrogen) atoms. The molecule has 0 spiro atoms. The Balaban J connectivity index is 1.77. The summed E-state index contributed by atoms with van der Waals surface area (Å²) in [5.74, 6) is 0.915. The van der Waals surface area contributed by atoms with Gasteiger partial charge in [-0.2, -0.15) is 5.10 Å². The first-order chi connectivity index (χ1) is 12.7. The molecule has 0 aliphatic rings. The highest BCUT2D eigenvalue weighted by Gasteiger charge is 2.18. The average molecular weight is 383 g/mol. The first kappa shape index (κ1) is 18.8. The third kappa shape index (κ3) is 4.43. The molecule has 0 amide bonds. The van der Waals surface area contributed by atoms with Crippen molar-refractivity contribution >= 4 is 15.7 Å². The monoisotopic (exact) mass is 383 g/mol. The second kappa shape index (κ2) is 7.36. The van der Waals surface area contributed by atoms with Crippen molar-refractivity contribution in [1.29, 1.82) is 0 Å². The number of sulfonamides is 1. The van der Waals surface area contributed by atoms with Gasteiger partial charge in [0.1, 0.15) is 5.75 Å². The van der Waals surface area contributed by atoms with E-state index in [4.69, 9.17) is 4.74 Å². The summed E-state index contributed by atoms with van der Waals surface area (Å²) in [4.78, 5) is 0.279. The number of rotatable bonds is 5. The Morgan fingerprint density at radius 2 is 1.48 bits per heavy atom. The molecule has 1 aromatic heterocycles. The summed E-state index contributed by atoms with van der Waals surface area (Å²) in [6.07, 6.45) is 0. The molecular weight excluding hydrogens is 362 g/mol. The predicted octanol–water partition coefficient (Wildman–Crippen LogP) is 4.30. The van der Waals surface area contributed by atoms with E-state index in [1.165, 1.54) is 0 Å². The molecule has 0 atom stereocenters. The third-order valence-electron chi connectivity index (χ3n) is 4.18. The number of hydrogen-bond acceptors (Lipinski definition) is 5. The molecule has 7 heteroatoms. The highest BCUT2D eigenvalue weighted by atomic mass is 32.2. The third-order valence-corrected chi connectivity index (χ3v) is 5.71. The van der Waals surface area contributed by atoms with E-state index in [-0.39, 0.29) is 4.90 Å². The van der Waals surface area contributed by atoms with Gasteiger partial charge in [-0.1, -0.05) is 6.07 Å². The molecule has 6 nitrogen and oxygen atoms in total. The van der Waals surface area contributed by atoms with Crippen LogP contribution in [0.5, 0.6) is 11.6 Å². The zero-order valence-corrected chi connectivity index (χ0v) is 16.5. The normalized spacial score (nSPS) is 11.3. The number of aromatic nitrogens is 2. The Hall–Kier alpha value is -2.93.